The predicted octanol–water partition coefficient (Wildman–Crippen LogP) is 7.94. The van der Waals surface area contributed by atoms with Crippen LogP contribution in [0, 0.1) is 23.5 Å². The maximum absolute atomic E-state index is 14.1. The number of hydrogen-bond acceptors (Lipinski definition) is 8. The van der Waals surface area contributed by atoms with Gasteiger partial charge in [-0.05, 0) is 82.3 Å². The van der Waals surface area contributed by atoms with Gasteiger partial charge in [0.15, 0.2) is 0 Å². The summed E-state index contributed by atoms with van der Waals surface area (Å²) in [6.45, 7) is 7.17. The average molecular weight is 785 g/mol. The van der Waals surface area contributed by atoms with Crippen LogP contribution in [0.15, 0.2) is 118 Å². The standard InChI is InChI=1S/2C22H17FN2O4/c2*1-11(2)18(19-21(27)25-22(28)29-19)14-8-9-17(24-20(14)26)13-7-6-12-4-3-5-16(23)15(12)10-13/h2*3-11H,1-2H3,(H,24,26)(H,25,27,28)/b19-18+;19-18-. The molecule has 0 saturated carbocycles. The van der Waals surface area contributed by atoms with Gasteiger partial charge in [-0.25, -0.2) is 18.4 Å². The molecule has 4 heterocycles. The van der Waals surface area contributed by atoms with Crippen LogP contribution in [0.4, 0.5) is 18.4 Å². The fourth-order valence-electron chi connectivity index (χ4n) is 6.89. The molecule has 58 heavy (non-hydrogen) atoms. The highest BCUT2D eigenvalue weighted by atomic mass is 19.1. The van der Waals surface area contributed by atoms with Crippen LogP contribution in [-0.4, -0.2) is 34.0 Å². The van der Waals surface area contributed by atoms with E-state index in [1.54, 1.807) is 100 Å². The summed E-state index contributed by atoms with van der Waals surface area (Å²) in [7, 11) is 0. The second-order valence-corrected chi connectivity index (χ2v) is 14.1. The van der Waals surface area contributed by atoms with Gasteiger partial charge in [0.2, 0.25) is 11.5 Å². The first-order valence-corrected chi connectivity index (χ1v) is 18.1. The molecule has 0 radical (unpaired) electrons. The van der Waals surface area contributed by atoms with Crippen molar-refractivity contribution in [1.29, 1.82) is 0 Å². The van der Waals surface area contributed by atoms with Crippen LogP contribution in [0.1, 0.15) is 38.8 Å². The number of alkyl carbamates (subject to hydrolysis) is 2. The Kier molecular flexibility index (Phi) is 10.4. The number of fused-ring (bicyclic) bond motifs is 2. The molecule has 0 bridgehead atoms. The zero-order valence-electron chi connectivity index (χ0n) is 31.4. The molecule has 12 nitrogen and oxygen atoms in total. The second-order valence-electron chi connectivity index (χ2n) is 14.1. The van der Waals surface area contributed by atoms with Crippen molar-refractivity contribution in [2.24, 2.45) is 11.8 Å². The molecular formula is C44H34F2N4O8. The lowest BCUT2D eigenvalue weighted by Gasteiger charge is -2.13. The number of hydrogen-bond donors (Lipinski definition) is 4. The highest BCUT2D eigenvalue weighted by molar-refractivity contribution is 6.12. The van der Waals surface area contributed by atoms with E-state index in [9.17, 15) is 37.5 Å². The van der Waals surface area contributed by atoms with E-state index < -0.39 is 35.1 Å². The molecule has 292 valence electrons. The molecule has 2 aromatic heterocycles. The van der Waals surface area contributed by atoms with Crippen molar-refractivity contribution in [3.63, 3.8) is 0 Å². The predicted molar refractivity (Wildman–Crippen MR) is 213 cm³/mol. The molecule has 2 saturated heterocycles. The molecule has 4 amide bonds. The van der Waals surface area contributed by atoms with Crippen LogP contribution >= 0.6 is 0 Å². The van der Waals surface area contributed by atoms with Gasteiger partial charge in [-0.2, -0.15) is 0 Å². The van der Waals surface area contributed by atoms with Crippen molar-refractivity contribution in [2.45, 2.75) is 27.7 Å². The van der Waals surface area contributed by atoms with Crippen LogP contribution in [0.5, 0.6) is 0 Å². The summed E-state index contributed by atoms with van der Waals surface area (Å²) in [5.74, 6) is -2.87. The first-order valence-electron chi connectivity index (χ1n) is 18.1. The Morgan fingerprint density at radius 2 is 0.914 bits per heavy atom. The number of ether oxygens (including phenoxy) is 2. The fourth-order valence-corrected chi connectivity index (χ4v) is 6.89. The van der Waals surface area contributed by atoms with Crippen LogP contribution in [0.3, 0.4) is 0 Å². The maximum Gasteiger partial charge on any atom is 0.419 e. The Hall–Kier alpha value is -7.48. The summed E-state index contributed by atoms with van der Waals surface area (Å²) >= 11 is 0. The summed E-state index contributed by atoms with van der Waals surface area (Å²) in [4.78, 5) is 77.9. The third-order valence-electron chi connectivity index (χ3n) is 9.56. The first-order chi connectivity index (χ1) is 27.7. The van der Waals surface area contributed by atoms with Gasteiger partial charge in [0, 0.05) is 44.4 Å². The number of nitrogens with one attached hydrogen (secondary N) is 4. The molecule has 2 aliphatic heterocycles. The minimum absolute atomic E-state index is 0.170. The summed E-state index contributed by atoms with van der Waals surface area (Å²) < 4.78 is 38.1. The number of halogens is 2. The number of aromatic amines is 2. The zero-order chi connectivity index (χ0) is 41.4. The molecule has 0 spiro atoms. The smallest absolute Gasteiger partial charge is 0.404 e. The van der Waals surface area contributed by atoms with E-state index in [2.05, 4.69) is 9.97 Å². The number of allylic oxidation sites excluding steroid dienone is 2. The Morgan fingerprint density at radius 3 is 1.24 bits per heavy atom. The largest absolute Gasteiger partial charge is 0.419 e. The van der Waals surface area contributed by atoms with Crippen LogP contribution < -0.4 is 21.8 Å². The Labute approximate surface area is 328 Å². The third kappa shape index (κ3) is 7.54. The van der Waals surface area contributed by atoms with Gasteiger partial charge in [-0.15, -0.1) is 0 Å². The van der Waals surface area contributed by atoms with Crippen LogP contribution in [-0.2, 0) is 19.1 Å². The van der Waals surface area contributed by atoms with E-state index in [1.165, 1.54) is 12.1 Å². The molecule has 8 rings (SSSR count). The average Bonchev–Trinajstić information content (AvgIpc) is 3.70. The van der Waals surface area contributed by atoms with Gasteiger partial charge in [-0.1, -0.05) is 76.2 Å². The normalized spacial score (nSPS) is 15.6. The van der Waals surface area contributed by atoms with Gasteiger partial charge in [0.25, 0.3) is 22.9 Å². The van der Waals surface area contributed by atoms with Crippen LogP contribution in [0.2, 0.25) is 0 Å². The van der Waals surface area contributed by atoms with E-state index in [0.29, 0.717) is 44.4 Å². The number of aromatic nitrogens is 2. The number of carbonyl (C=O) groups is 4. The minimum atomic E-state index is -0.866. The maximum atomic E-state index is 14.1. The van der Waals surface area contributed by atoms with E-state index in [4.69, 9.17) is 9.47 Å². The molecular weight excluding hydrogens is 750 g/mol. The van der Waals surface area contributed by atoms with Crippen molar-refractivity contribution in [3.05, 3.63) is 152 Å². The number of imide groups is 2. The van der Waals surface area contributed by atoms with Crippen molar-refractivity contribution < 1.29 is 37.4 Å². The van der Waals surface area contributed by atoms with Crippen molar-refractivity contribution in [2.75, 3.05) is 0 Å². The summed E-state index contributed by atoms with van der Waals surface area (Å²) in [5, 5.41) is 6.51. The van der Waals surface area contributed by atoms with Gasteiger partial charge in [-0.3, -0.25) is 29.8 Å². The lowest BCUT2D eigenvalue weighted by Crippen LogP contribution is -2.20. The number of rotatable bonds is 6. The molecule has 2 aliphatic rings. The number of amides is 4. The summed E-state index contributed by atoms with van der Waals surface area (Å²) in [6, 6.07) is 26.6. The van der Waals surface area contributed by atoms with Gasteiger partial charge in [0.05, 0.1) is 0 Å². The summed E-state index contributed by atoms with van der Waals surface area (Å²) in [5.41, 5.74) is 2.56. The Balaban J connectivity index is 0.000000177. The number of pyridine rings is 2. The number of H-pyrrole nitrogens is 2. The molecule has 4 aromatic carbocycles. The van der Waals surface area contributed by atoms with Crippen molar-refractivity contribution in [1.82, 2.24) is 20.6 Å². The second kappa shape index (κ2) is 15.6. The first kappa shape index (κ1) is 38.8. The SMILES string of the molecule is CC(C)/C(=C1/OC(=O)NC1=O)c1ccc(-c2ccc3cccc(F)c3c2)[nH]c1=O.CC(C)/C(=C1\OC(=O)NC1=O)c1ccc(-c2ccc3cccc(F)c3c2)[nH]c1=O. The molecule has 6 aromatic rings. The van der Waals surface area contributed by atoms with Crippen molar-refractivity contribution in [3.8, 4) is 22.5 Å². The van der Waals surface area contributed by atoms with E-state index in [1.807, 2.05) is 22.8 Å². The monoisotopic (exact) mass is 784 g/mol. The topological polar surface area (TPSA) is 177 Å². The molecule has 4 N–H and O–H groups in total. The quantitative estimate of drug-likeness (QED) is 0.123. The highest BCUT2D eigenvalue weighted by Gasteiger charge is 2.33. The van der Waals surface area contributed by atoms with Gasteiger partial charge >= 0.3 is 12.2 Å². The zero-order valence-corrected chi connectivity index (χ0v) is 31.4. The molecule has 0 atom stereocenters. The van der Waals surface area contributed by atoms with Gasteiger partial charge in [0.1, 0.15) is 11.6 Å². The number of benzene rings is 4. The summed E-state index contributed by atoms with van der Waals surface area (Å²) in [6.07, 6.45) is -1.73. The molecule has 0 aliphatic carbocycles. The minimum Gasteiger partial charge on any atom is -0.404 e. The number of cyclic esters (lactones) is 2. The van der Waals surface area contributed by atoms with Crippen LogP contribution in [0.25, 0.3) is 55.2 Å². The fraction of sp³-hybridized carbons (Fsp3) is 0.136. The molecule has 2 fully saturated rings. The third-order valence-corrected chi connectivity index (χ3v) is 9.56. The Bertz CT molecular complexity index is 2710. The lowest BCUT2D eigenvalue weighted by molar-refractivity contribution is -0.117. The van der Waals surface area contributed by atoms with E-state index in [-0.39, 0.29) is 46.1 Å². The van der Waals surface area contributed by atoms with E-state index in [0.717, 1.165) is 10.8 Å². The lowest BCUT2D eigenvalue weighted by atomic mass is 9.94. The van der Waals surface area contributed by atoms with Crippen molar-refractivity contribution >= 4 is 56.7 Å². The highest BCUT2D eigenvalue weighted by Crippen LogP contribution is 2.31. The molecule has 14 heteroatoms. The molecule has 0 unspecified atom stereocenters. The Morgan fingerprint density at radius 1 is 0.517 bits per heavy atom. The number of carbonyl (C=O) groups excluding carboxylic acids is 4. The van der Waals surface area contributed by atoms with Gasteiger partial charge < -0.3 is 19.4 Å². The van der Waals surface area contributed by atoms with E-state index >= 15 is 0 Å².